The summed E-state index contributed by atoms with van der Waals surface area (Å²) >= 11 is 0. The molecule has 3 atom stereocenters. The summed E-state index contributed by atoms with van der Waals surface area (Å²) in [6.45, 7) is 9.55. The molecule has 1 heterocycles. The van der Waals surface area contributed by atoms with Crippen molar-refractivity contribution in [3.05, 3.63) is 12.7 Å². The van der Waals surface area contributed by atoms with Crippen molar-refractivity contribution in [3.63, 3.8) is 0 Å². The Morgan fingerprint density at radius 3 is 2.62 bits per heavy atom. The zero-order valence-corrected chi connectivity index (χ0v) is 8.62. The number of hydrogen-bond donors (Lipinski definition) is 1. The van der Waals surface area contributed by atoms with Crippen LogP contribution in [0.3, 0.4) is 0 Å². The van der Waals surface area contributed by atoms with Gasteiger partial charge in [-0.25, -0.2) is 0 Å². The van der Waals surface area contributed by atoms with Crippen LogP contribution in [0, 0.1) is 0 Å². The summed E-state index contributed by atoms with van der Waals surface area (Å²) < 4.78 is 11.4. The highest BCUT2D eigenvalue weighted by atomic mass is 16.8. The molecule has 0 aliphatic carbocycles. The summed E-state index contributed by atoms with van der Waals surface area (Å²) in [5, 5.41) is 0. The van der Waals surface area contributed by atoms with Gasteiger partial charge >= 0.3 is 0 Å². The first-order chi connectivity index (χ1) is 6.00. The standard InChI is InChI=1S/C10H19NO2/c1-5-7(11)9-8(6-2)12-10(3,4)13-9/h5,7-9H,1,6,11H2,2-4H3/t7-,8+,9-/m0/s1. The second-order valence-corrected chi connectivity index (χ2v) is 3.86. The van der Waals surface area contributed by atoms with E-state index in [0.717, 1.165) is 6.42 Å². The third kappa shape index (κ3) is 2.30. The number of nitrogens with two attached hydrogens (primary N) is 1. The van der Waals surface area contributed by atoms with Gasteiger partial charge in [0, 0.05) is 0 Å². The molecule has 1 fully saturated rings. The lowest BCUT2D eigenvalue weighted by atomic mass is 10.0. The van der Waals surface area contributed by atoms with Gasteiger partial charge in [0.25, 0.3) is 0 Å². The van der Waals surface area contributed by atoms with Crippen LogP contribution in [0.2, 0.25) is 0 Å². The Morgan fingerprint density at radius 1 is 1.54 bits per heavy atom. The van der Waals surface area contributed by atoms with E-state index in [4.69, 9.17) is 15.2 Å². The van der Waals surface area contributed by atoms with Gasteiger partial charge in [-0.1, -0.05) is 13.0 Å². The van der Waals surface area contributed by atoms with Crippen molar-refractivity contribution < 1.29 is 9.47 Å². The van der Waals surface area contributed by atoms with Crippen molar-refractivity contribution in [1.82, 2.24) is 0 Å². The molecular formula is C10H19NO2. The molecule has 76 valence electrons. The molecule has 1 aliphatic rings. The fourth-order valence-electron chi connectivity index (χ4n) is 1.64. The van der Waals surface area contributed by atoms with Crippen molar-refractivity contribution in [2.24, 2.45) is 5.73 Å². The van der Waals surface area contributed by atoms with Gasteiger partial charge in [-0.3, -0.25) is 0 Å². The average Bonchev–Trinajstić information content (AvgIpc) is 2.39. The maximum atomic E-state index is 5.84. The van der Waals surface area contributed by atoms with Gasteiger partial charge in [0.2, 0.25) is 0 Å². The maximum absolute atomic E-state index is 5.84. The first kappa shape index (κ1) is 10.7. The quantitative estimate of drug-likeness (QED) is 0.676. The molecule has 13 heavy (non-hydrogen) atoms. The summed E-state index contributed by atoms with van der Waals surface area (Å²) in [5.74, 6) is -0.508. The van der Waals surface area contributed by atoms with Gasteiger partial charge < -0.3 is 15.2 Å². The molecule has 0 aromatic rings. The van der Waals surface area contributed by atoms with Crippen LogP contribution >= 0.6 is 0 Å². The average molecular weight is 185 g/mol. The van der Waals surface area contributed by atoms with E-state index in [0.29, 0.717) is 0 Å². The number of hydrogen-bond acceptors (Lipinski definition) is 3. The molecule has 1 rings (SSSR count). The van der Waals surface area contributed by atoms with Crippen molar-refractivity contribution in [2.45, 2.75) is 51.2 Å². The molecule has 0 bridgehead atoms. The predicted molar refractivity (Wildman–Crippen MR) is 52.3 cm³/mol. The molecule has 0 saturated carbocycles. The van der Waals surface area contributed by atoms with Gasteiger partial charge in [-0.15, -0.1) is 6.58 Å². The fourth-order valence-corrected chi connectivity index (χ4v) is 1.64. The van der Waals surface area contributed by atoms with E-state index in [9.17, 15) is 0 Å². The van der Waals surface area contributed by atoms with Crippen LogP contribution in [0.5, 0.6) is 0 Å². The third-order valence-corrected chi connectivity index (χ3v) is 2.28. The van der Waals surface area contributed by atoms with Crippen molar-refractivity contribution >= 4 is 0 Å². The monoisotopic (exact) mass is 185 g/mol. The second kappa shape index (κ2) is 3.78. The van der Waals surface area contributed by atoms with Crippen LogP contribution in [0.4, 0.5) is 0 Å². The van der Waals surface area contributed by atoms with Crippen molar-refractivity contribution in [2.75, 3.05) is 0 Å². The molecule has 1 aliphatic heterocycles. The van der Waals surface area contributed by atoms with Gasteiger partial charge in [-0.05, 0) is 20.3 Å². The minimum atomic E-state index is -0.508. The van der Waals surface area contributed by atoms with E-state index in [1.807, 2.05) is 13.8 Å². The van der Waals surface area contributed by atoms with Crippen molar-refractivity contribution in [1.29, 1.82) is 0 Å². The van der Waals surface area contributed by atoms with Gasteiger partial charge in [0.15, 0.2) is 5.79 Å². The Balaban J connectivity index is 2.68. The van der Waals surface area contributed by atoms with Crippen LogP contribution in [0.25, 0.3) is 0 Å². The van der Waals surface area contributed by atoms with Crippen LogP contribution in [-0.2, 0) is 9.47 Å². The Bertz CT molecular complexity index is 191. The van der Waals surface area contributed by atoms with E-state index in [1.165, 1.54) is 0 Å². The topological polar surface area (TPSA) is 44.5 Å². The molecule has 3 nitrogen and oxygen atoms in total. The largest absolute Gasteiger partial charge is 0.345 e. The molecular weight excluding hydrogens is 166 g/mol. The normalized spacial score (nSPS) is 34.5. The van der Waals surface area contributed by atoms with E-state index in [1.54, 1.807) is 6.08 Å². The zero-order valence-electron chi connectivity index (χ0n) is 8.62. The molecule has 0 unspecified atom stereocenters. The fraction of sp³-hybridized carbons (Fsp3) is 0.800. The summed E-state index contributed by atoms with van der Waals surface area (Å²) in [4.78, 5) is 0. The van der Waals surface area contributed by atoms with Crippen LogP contribution in [0.1, 0.15) is 27.2 Å². The Hall–Kier alpha value is -0.380. The smallest absolute Gasteiger partial charge is 0.163 e. The number of rotatable bonds is 3. The summed E-state index contributed by atoms with van der Waals surface area (Å²) in [5.41, 5.74) is 5.84. The van der Waals surface area contributed by atoms with Gasteiger partial charge in [0.1, 0.15) is 6.10 Å². The molecule has 1 saturated heterocycles. The van der Waals surface area contributed by atoms with E-state index < -0.39 is 5.79 Å². The summed E-state index contributed by atoms with van der Waals surface area (Å²) in [6, 6.07) is -0.147. The lowest BCUT2D eigenvalue weighted by molar-refractivity contribution is -0.147. The van der Waals surface area contributed by atoms with E-state index in [-0.39, 0.29) is 18.2 Å². The highest BCUT2D eigenvalue weighted by molar-refractivity contribution is 4.96. The zero-order chi connectivity index (χ0) is 10.1. The Morgan fingerprint density at radius 2 is 2.15 bits per heavy atom. The highest BCUT2D eigenvalue weighted by Crippen LogP contribution is 2.31. The lowest BCUT2D eigenvalue weighted by Crippen LogP contribution is -2.39. The molecule has 0 amide bonds. The first-order valence-corrected chi connectivity index (χ1v) is 4.74. The summed E-state index contributed by atoms with van der Waals surface area (Å²) in [6.07, 6.45) is 2.65. The molecule has 2 N–H and O–H groups in total. The summed E-state index contributed by atoms with van der Waals surface area (Å²) in [7, 11) is 0. The Labute approximate surface area is 79.9 Å². The molecule has 0 aromatic heterocycles. The molecule has 0 aromatic carbocycles. The molecule has 0 radical (unpaired) electrons. The number of ether oxygens (including phenoxy) is 2. The van der Waals surface area contributed by atoms with Crippen LogP contribution < -0.4 is 5.73 Å². The third-order valence-electron chi connectivity index (χ3n) is 2.28. The predicted octanol–water partition coefficient (Wildman–Crippen LogP) is 1.43. The highest BCUT2D eigenvalue weighted by Gasteiger charge is 2.42. The Kier molecular flexibility index (Phi) is 3.11. The first-order valence-electron chi connectivity index (χ1n) is 4.74. The van der Waals surface area contributed by atoms with E-state index >= 15 is 0 Å². The van der Waals surface area contributed by atoms with E-state index in [2.05, 4.69) is 13.5 Å². The van der Waals surface area contributed by atoms with Crippen LogP contribution in [-0.4, -0.2) is 24.0 Å². The van der Waals surface area contributed by atoms with Gasteiger partial charge in [0.05, 0.1) is 12.1 Å². The maximum Gasteiger partial charge on any atom is 0.163 e. The minimum Gasteiger partial charge on any atom is -0.345 e. The van der Waals surface area contributed by atoms with Gasteiger partial charge in [-0.2, -0.15) is 0 Å². The van der Waals surface area contributed by atoms with Crippen molar-refractivity contribution in [3.8, 4) is 0 Å². The SMILES string of the molecule is C=C[C@H](N)[C@@H]1OC(C)(C)O[C@@H]1CC. The molecule has 0 spiro atoms. The lowest BCUT2D eigenvalue weighted by Gasteiger charge is -2.19. The molecule has 3 heteroatoms. The van der Waals surface area contributed by atoms with Crippen LogP contribution in [0.15, 0.2) is 12.7 Å². The second-order valence-electron chi connectivity index (χ2n) is 3.86. The minimum absolute atomic E-state index is 0.0579.